The lowest BCUT2D eigenvalue weighted by molar-refractivity contribution is -0.163. The molecule has 0 spiro atoms. The van der Waals surface area contributed by atoms with Gasteiger partial charge in [0.15, 0.2) is 0 Å². The first-order valence-electron chi connectivity index (χ1n) is 12.6. The first-order valence-corrected chi connectivity index (χ1v) is 14.3. The third kappa shape index (κ3) is 7.43. The number of carbonyl (C=O) groups excluding carboxylic acids is 3. The van der Waals surface area contributed by atoms with Crippen LogP contribution in [0.2, 0.25) is 0 Å². The van der Waals surface area contributed by atoms with Gasteiger partial charge in [0.1, 0.15) is 12.6 Å². The van der Waals surface area contributed by atoms with Gasteiger partial charge < -0.3 is 24.0 Å². The molecule has 3 aromatic carbocycles. The topological polar surface area (TPSA) is 148 Å². The smallest absolute Gasteiger partial charge is 0.368 e. The zero-order valence-electron chi connectivity index (χ0n) is 22.2. The van der Waals surface area contributed by atoms with Crippen molar-refractivity contribution in [3.05, 3.63) is 96.1 Å². The molecule has 3 aromatic rings. The van der Waals surface area contributed by atoms with Gasteiger partial charge in [0.2, 0.25) is 0 Å². The average Bonchev–Trinajstić information content (AvgIpc) is 2.94. The van der Waals surface area contributed by atoms with Gasteiger partial charge in [-0.25, -0.2) is 9.59 Å². The molecule has 0 aromatic heterocycles. The Morgan fingerprint density at radius 2 is 1.25 bits per heavy atom. The first-order chi connectivity index (χ1) is 19.1. The van der Waals surface area contributed by atoms with Crippen molar-refractivity contribution in [2.45, 2.75) is 38.2 Å². The fourth-order valence-corrected chi connectivity index (χ4v) is 4.90. The molecule has 0 bridgehead atoms. The van der Waals surface area contributed by atoms with Gasteiger partial charge in [0.25, 0.3) is 0 Å². The first kappa shape index (κ1) is 30.7. The second kappa shape index (κ2) is 14.0. The predicted octanol–water partition coefficient (Wildman–Crippen LogP) is 3.60. The maximum Gasteiger partial charge on any atom is 0.368 e. The molecule has 11 heteroatoms. The van der Waals surface area contributed by atoms with E-state index in [2.05, 4.69) is 5.32 Å². The molecule has 0 aliphatic heterocycles. The molecule has 0 aliphatic rings. The standard InChI is InChI=1S/C29H32NO9P/c1-3-37-27(32)29(40(34,35)36,28(33)38-4-2)30-25(26(31)39-20-22-11-7-5-8-12-22)19-21-15-17-24(18-16-21)23-13-9-6-10-14-23/h5-18,25,30H,3-4,19-20H2,1-2H3,(H2,34,35,36)/t25-/m0/s1. The number of nitrogens with one attached hydrogen (secondary N) is 1. The molecule has 212 valence electrons. The molecule has 0 aliphatic carbocycles. The van der Waals surface area contributed by atoms with Crippen LogP contribution in [0.5, 0.6) is 0 Å². The van der Waals surface area contributed by atoms with Crippen LogP contribution in [0.25, 0.3) is 11.1 Å². The van der Waals surface area contributed by atoms with Crippen molar-refractivity contribution in [3.63, 3.8) is 0 Å². The van der Waals surface area contributed by atoms with E-state index in [1.807, 2.05) is 42.5 Å². The summed E-state index contributed by atoms with van der Waals surface area (Å²) < 4.78 is 27.9. The van der Waals surface area contributed by atoms with Crippen molar-refractivity contribution in [2.24, 2.45) is 0 Å². The second-order valence-corrected chi connectivity index (χ2v) is 10.5. The van der Waals surface area contributed by atoms with Gasteiger partial charge in [-0.3, -0.25) is 14.7 Å². The van der Waals surface area contributed by atoms with Crippen LogP contribution in [0.3, 0.4) is 0 Å². The van der Waals surface area contributed by atoms with Crippen LogP contribution >= 0.6 is 7.60 Å². The molecule has 40 heavy (non-hydrogen) atoms. The van der Waals surface area contributed by atoms with Crippen molar-refractivity contribution >= 4 is 25.5 Å². The fourth-order valence-electron chi connectivity index (χ4n) is 3.97. The summed E-state index contributed by atoms with van der Waals surface area (Å²) in [6.07, 6.45) is -0.177. The largest absolute Gasteiger partial charge is 0.464 e. The Balaban J connectivity index is 1.99. The van der Waals surface area contributed by atoms with Crippen LogP contribution < -0.4 is 5.32 Å². The summed E-state index contributed by atoms with van der Waals surface area (Å²) in [7, 11) is -5.67. The molecule has 0 fully saturated rings. The number of hydrogen-bond donors (Lipinski definition) is 3. The highest BCUT2D eigenvalue weighted by atomic mass is 31.2. The molecule has 0 amide bonds. The minimum atomic E-state index is -5.67. The summed E-state index contributed by atoms with van der Waals surface area (Å²) in [5.41, 5.74) is 3.11. The summed E-state index contributed by atoms with van der Waals surface area (Å²) in [4.78, 5) is 59.9. The summed E-state index contributed by atoms with van der Waals surface area (Å²) >= 11 is 0. The van der Waals surface area contributed by atoms with E-state index in [4.69, 9.17) is 14.2 Å². The third-order valence-electron chi connectivity index (χ3n) is 5.97. The predicted molar refractivity (Wildman–Crippen MR) is 147 cm³/mol. The van der Waals surface area contributed by atoms with Crippen LogP contribution in [0.15, 0.2) is 84.9 Å². The molecule has 0 heterocycles. The van der Waals surface area contributed by atoms with Crippen molar-refractivity contribution in [1.82, 2.24) is 5.32 Å². The van der Waals surface area contributed by atoms with Gasteiger partial charge in [-0.15, -0.1) is 0 Å². The van der Waals surface area contributed by atoms with Gasteiger partial charge in [-0.2, -0.15) is 0 Å². The van der Waals surface area contributed by atoms with Crippen LogP contribution in [0, 0.1) is 0 Å². The number of rotatable bonds is 13. The maximum absolute atomic E-state index is 13.3. The van der Waals surface area contributed by atoms with Gasteiger partial charge >= 0.3 is 30.8 Å². The van der Waals surface area contributed by atoms with Gasteiger partial charge in [-0.1, -0.05) is 84.9 Å². The number of benzene rings is 3. The zero-order valence-corrected chi connectivity index (χ0v) is 23.1. The number of esters is 3. The lowest BCUT2D eigenvalue weighted by atomic mass is 10.00. The van der Waals surface area contributed by atoms with E-state index in [-0.39, 0.29) is 26.2 Å². The van der Waals surface area contributed by atoms with E-state index in [1.54, 1.807) is 42.5 Å². The normalized spacial score (nSPS) is 12.3. The molecule has 10 nitrogen and oxygen atoms in total. The van der Waals surface area contributed by atoms with Crippen LogP contribution in [0.4, 0.5) is 0 Å². The van der Waals surface area contributed by atoms with Gasteiger partial charge in [0.05, 0.1) is 13.2 Å². The van der Waals surface area contributed by atoms with Gasteiger partial charge in [-0.05, 0) is 42.5 Å². The maximum atomic E-state index is 13.3. The summed E-state index contributed by atoms with van der Waals surface area (Å²) in [5.74, 6) is -4.08. The summed E-state index contributed by atoms with van der Waals surface area (Å²) in [6, 6.07) is 23.9. The zero-order chi connectivity index (χ0) is 29.2. The van der Waals surface area contributed by atoms with Gasteiger partial charge in [0, 0.05) is 0 Å². The summed E-state index contributed by atoms with van der Waals surface area (Å²) in [5, 5.41) is -0.971. The Morgan fingerprint density at radius 1 is 0.750 bits per heavy atom. The van der Waals surface area contributed by atoms with E-state index in [9.17, 15) is 28.7 Å². The molecular weight excluding hydrogens is 537 g/mol. The Kier molecular flexibility index (Phi) is 10.8. The molecule has 0 saturated carbocycles. The molecule has 0 unspecified atom stereocenters. The van der Waals surface area contributed by atoms with Crippen molar-refractivity contribution < 1.29 is 42.9 Å². The van der Waals surface area contributed by atoms with E-state index in [0.717, 1.165) is 11.1 Å². The van der Waals surface area contributed by atoms with Crippen molar-refractivity contribution in [3.8, 4) is 11.1 Å². The minimum Gasteiger partial charge on any atom is -0.464 e. The monoisotopic (exact) mass is 569 g/mol. The lowest BCUT2D eigenvalue weighted by Crippen LogP contribution is -2.64. The molecule has 0 radical (unpaired) electrons. The van der Waals surface area contributed by atoms with E-state index >= 15 is 0 Å². The highest BCUT2D eigenvalue weighted by Gasteiger charge is 2.64. The highest BCUT2D eigenvalue weighted by molar-refractivity contribution is 7.56. The van der Waals surface area contributed by atoms with E-state index < -0.39 is 36.8 Å². The summed E-state index contributed by atoms with van der Waals surface area (Å²) in [6.45, 7) is 2.10. The molecule has 3 N–H and O–H groups in total. The number of carbonyl (C=O) groups is 3. The Bertz CT molecular complexity index is 1310. The fraction of sp³-hybridized carbons (Fsp3) is 0.276. The van der Waals surface area contributed by atoms with Crippen LogP contribution in [-0.4, -0.2) is 52.2 Å². The van der Waals surface area contributed by atoms with Crippen LogP contribution in [0.1, 0.15) is 25.0 Å². The minimum absolute atomic E-state index is 0.146. The van der Waals surface area contributed by atoms with Crippen molar-refractivity contribution in [2.75, 3.05) is 13.2 Å². The van der Waals surface area contributed by atoms with E-state index in [0.29, 0.717) is 11.1 Å². The lowest BCUT2D eigenvalue weighted by Gasteiger charge is -2.33. The molecule has 1 atom stereocenters. The van der Waals surface area contributed by atoms with Crippen molar-refractivity contribution in [1.29, 1.82) is 0 Å². The quantitative estimate of drug-likeness (QED) is 0.121. The Hall–Kier alpha value is -3.82. The molecule has 3 rings (SSSR count). The molecular formula is C29H32NO9P. The third-order valence-corrected chi connectivity index (χ3v) is 7.34. The number of ether oxygens (including phenoxy) is 3. The Labute approximate surface area is 232 Å². The van der Waals surface area contributed by atoms with Crippen LogP contribution in [-0.2, 0) is 46.2 Å². The second-order valence-electron chi connectivity index (χ2n) is 8.75. The number of hydrogen-bond acceptors (Lipinski definition) is 8. The molecule has 0 saturated heterocycles. The SMILES string of the molecule is CCOC(=O)C(N[C@@H](Cc1ccc(-c2ccccc2)cc1)C(=O)OCc1ccccc1)(C(=O)OCC)P(=O)(O)O. The Morgan fingerprint density at radius 3 is 1.75 bits per heavy atom. The average molecular weight is 570 g/mol. The highest BCUT2D eigenvalue weighted by Crippen LogP contribution is 2.51. The van der Waals surface area contributed by atoms with E-state index in [1.165, 1.54) is 13.8 Å².